The Balaban J connectivity index is 1.79. The monoisotopic (exact) mass is 308 g/mol. The minimum Gasteiger partial charge on any atom is -0.354 e. The highest BCUT2D eigenvalue weighted by atomic mass is 32.1. The van der Waals surface area contributed by atoms with Crippen LogP contribution >= 0.6 is 22.7 Å². The molecule has 1 N–H and O–H groups in total. The molecule has 108 valence electrons. The van der Waals surface area contributed by atoms with Gasteiger partial charge < -0.3 is 10.2 Å². The van der Waals surface area contributed by atoms with Crippen molar-refractivity contribution < 1.29 is 4.79 Å². The first-order valence-electron chi connectivity index (χ1n) is 6.63. The first kappa shape index (κ1) is 15.2. The number of carbonyl (C=O) groups excluding carboxylic acids is 1. The van der Waals surface area contributed by atoms with Gasteiger partial charge in [-0.3, -0.25) is 4.79 Å². The molecule has 0 aliphatic rings. The van der Waals surface area contributed by atoms with Crippen LogP contribution in [0.15, 0.2) is 33.7 Å². The standard InChI is InChI=1S/C15H20N2OS2/c1-17(2)14(13-6-8-20-11-13)9-16-15(18)4-3-12-5-7-19-10-12/h5-8,10-11,14H,3-4,9H2,1-2H3,(H,16,18). The molecule has 0 aliphatic carbocycles. The first-order chi connectivity index (χ1) is 9.66. The second-order valence-electron chi connectivity index (χ2n) is 4.97. The van der Waals surface area contributed by atoms with E-state index in [-0.39, 0.29) is 11.9 Å². The molecule has 1 unspecified atom stereocenters. The average Bonchev–Trinajstić information content (AvgIpc) is 3.09. The maximum Gasteiger partial charge on any atom is 0.220 e. The molecule has 2 aromatic heterocycles. The van der Waals surface area contributed by atoms with E-state index in [1.54, 1.807) is 22.7 Å². The van der Waals surface area contributed by atoms with Crippen molar-refractivity contribution in [1.82, 2.24) is 10.2 Å². The molecular weight excluding hydrogens is 288 g/mol. The Kier molecular flexibility index (Phi) is 5.76. The maximum atomic E-state index is 11.9. The van der Waals surface area contributed by atoms with Crippen LogP contribution in [-0.4, -0.2) is 31.4 Å². The molecule has 0 aliphatic heterocycles. The van der Waals surface area contributed by atoms with E-state index in [1.165, 1.54) is 11.1 Å². The zero-order valence-corrected chi connectivity index (χ0v) is 13.5. The second-order valence-corrected chi connectivity index (χ2v) is 6.53. The summed E-state index contributed by atoms with van der Waals surface area (Å²) in [5.74, 6) is 0.123. The Labute approximate surface area is 128 Å². The summed E-state index contributed by atoms with van der Waals surface area (Å²) >= 11 is 3.36. The van der Waals surface area contributed by atoms with Gasteiger partial charge in [-0.05, 0) is 65.3 Å². The number of carbonyl (C=O) groups is 1. The number of amides is 1. The van der Waals surface area contributed by atoms with Crippen molar-refractivity contribution in [2.24, 2.45) is 0 Å². The number of nitrogens with one attached hydrogen (secondary N) is 1. The van der Waals surface area contributed by atoms with Gasteiger partial charge in [-0.1, -0.05) is 0 Å². The molecule has 0 aromatic carbocycles. The quantitative estimate of drug-likeness (QED) is 0.852. The Hall–Kier alpha value is -1.17. The van der Waals surface area contributed by atoms with E-state index in [2.05, 4.69) is 38.5 Å². The highest BCUT2D eigenvalue weighted by molar-refractivity contribution is 7.08. The Morgan fingerprint density at radius 2 is 2.00 bits per heavy atom. The molecule has 0 saturated heterocycles. The van der Waals surface area contributed by atoms with Gasteiger partial charge in [0.05, 0.1) is 6.04 Å². The predicted molar refractivity (Wildman–Crippen MR) is 86.4 cm³/mol. The van der Waals surface area contributed by atoms with Crippen LogP contribution in [0, 0.1) is 0 Å². The second kappa shape index (κ2) is 7.57. The third kappa shape index (κ3) is 4.44. The van der Waals surface area contributed by atoms with Crippen molar-refractivity contribution in [3.8, 4) is 0 Å². The van der Waals surface area contributed by atoms with Gasteiger partial charge in [-0.25, -0.2) is 0 Å². The maximum absolute atomic E-state index is 11.9. The van der Waals surface area contributed by atoms with Crippen molar-refractivity contribution in [3.05, 3.63) is 44.8 Å². The fourth-order valence-corrected chi connectivity index (χ4v) is 3.47. The molecular formula is C15H20N2OS2. The SMILES string of the molecule is CN(C)C(CNC(=O)CCc1ccsc1)c1ccsc1. The zero-order valence-electron chi connectivity index (χ0n) is 11.8. The molecule has 2 aromatic rings. The number of hydrogen-bond acceptors (Lipinski definition) is 4. The molecule has 2 heterocycles. The average molecular weight is 308 g/mol. The van der Waals surface area contributed by atoms with E-state index in [4.69, 9.17) is 0 Å². The van der Waals surface area contributed by atoms with Gasteiger partial charge >= 0.3 is 0 Å². The minimum atomic E-state index is 0.123. The molecule has 0 bridgehead atoms. The summed E-state index contributed by atoms with van der Waals surface area (Å²) in [4.78, 5) is 14.1. The number of likely N-dealkylation sites (N-methyl/N-ethyl adjacent to an activating group) is 1. The molecule has 1 atom stereocenters. The van der Waals surface area contributed by atoms with Gasteiger partial charge in [0.25, 0.3) is 0 Å². The van der Waals surface area contributed by atoms with E-state index in [0.717, 1.165) is 6.42 Å². The Morgan fingerprint density at radius 3 is 2.60 bits per heavy atom. The largest absolute Gasteiger partial charge is 0.354 e. The molecule has 0 spiro atoms. The van der Waals surface area contributed by atoms with Gasteiger partial charge in [-0.2, -0.15) is 22.7 Å². The molecule has 0 fully saturated rings. The fraction of sp³-hybridized carbons (Fsp3) is 0.400. The zero-order chi connectivity index (χ0) is 14.4. The highest BCUT2D eigenvalue weighted by Crippen LogP contribution is 2.20. The summed E-state index contributed by atoms with van der Waals surface area (Å²) in [5.41, 5.74) is 2.50. The highest BCUT2D eigenvalue weighted by Gasteiger charge is 2.15. The van der Waals surface area contributed by atoms with E-state index in [1.807, 2.05) is 19.5 Å². The molecule has 20 heavy (non-hydrogen) atoms. The Bertz CT molecular complexity index is 506. The smallest absolute Gasteiger partial charge is 0.220 e. The fourth-order valence-electron chi connectivity index (χ4n) is 2.05. The normalized spacial score (nSPS) is 12.6. The van der Waals surface area contributed by atoms with E-state index in [9.17, 15) is 4.79 Å². The van der Waals surface area contributed by atoms with Crippen LogP contribution in [0.3, 0.4) is 0 Å². The van der Waals surface area contributed by atoms with Gasteiger partial charge in [0.1, 0.15) is 0 Å². The van der Waals surface area contributed by atoms with Gasteiger partial charge in [0, 0.05) is 13.0 Å². The number of thiophene rings is 2. The third-order valence-corrected chi connectivity index (χ3v) is 4.70. The Morgan fingerprint density at radius 1 is 1.25 bits per heavy atom. The lowest BCUT2D eigenvalue weighted by Gasteiger charge is -2.24. The summed E-state index contributed by atoms with van der Waals surface area (Å²) in [6, 6.07) is 4.44. The van der Waals surface area contributed by atoms with Crippen molar-refractivity contribution >= 4 is 28.6 Å². The number of nitrogens with zero attached hydrogens (tertiary/aromatic N) is 1. The predicted octanol–water partition coefficient (Wildman–Crippen LogP) is 3.16. The number of hydrogen-bond donors (Lipinski definition) is 1. The van der Waals surface area contributed by atoms with Crippen LogP contribution in [-0.2, 0) is 11.2 Å². The lowest BCUT2D eigenvalue weighted by molar-refractivity contribution is -0.121. The van der Waals surface area contributed by atoms with Crippen molar-refractivity contribution in [2.75, 3.05) is 20.6 Å². The number of aryl methyl sites for hydroxylation is 1. The van der Waals surface area contributed by atoms with Gasteiger partial charge in [0.15, 0.2) is 0 Å². The van der Waals surface area contributed by atoms with Crippen LogP contribution in [0.25, 0.3) is 0 Å². The first-order valence-corrected chi connectivity index (χ1v) is 8.51. The lowest BCUT2D eigenvalue weighted by Crippen LogP contribution is -2.34. The summed E-state index contributed by atoms with van der Waals surface area (Å²) in [6.07, 6.45) is 1.38. The van der Waals surface area contributed by atoms with E-state index >= 15 is 0 Å². The third-order valence-electron chi connectivity index (χ3n) is 3.26. The van der Waals surface area contributed by atoms with Crippen LogP contribution in [0.5, 0.6) is 0 Å². The van der Waals surface area contributed by atoms with Crippen LogP contribution in [0.2, 0.25) is 0 Å². The van der Waals surface area contributed by atoms with Crippen LogP contribution in [0.1, 0.15) is 23.6 Å². The van der Waals surface area contributed by atoms with Crippen molar-refractivity contribution in [2.45, 2.75) is 18.9 Å². The van der Waals surface area contributed by atoms with Gasteiger partial charge in [0.2, 0.25) is 5.91 Å². The van der Waals surface area contributed by atoms with Gasteiger partial charge in [-0.15, -0.1) is 0 Å². The van der Waals surface area contributed by atoms with E-state index in [0.29, 0.717) is 13.0 Å². The molecule has 2 rings (SSSR count). The molecule has 0 saturated carbocycles. The summed E-state index contributed by atoms with van der Waals surface area (Å²) in [6.45, 7) is 0.659. The molecule has 0 radical (unpaired) electrons. The van der Waals surface area contributed by atoms with E-state index < -0.39 is 0 Å². The van der Waals surface area contributed by atoms with Crippen LogP contribution < -0.4 is 5.32 Å². The molecule has 3 nitrogen and oxygen atoms in total. The summed E-state index contributed by atoms with van der Waals surface area (Å²) in [5, 5.41) is 11.4. The van der Waals surface area contributed by atoms with Crippen molar-refractivity contribution in [3.63, 3.8) is 0 Å². The summed E-state index contributed by atoms with van der Waals surface area (Å²) in [7, 11) is 4.08. The lowest BCUT2D eigenvalue weighted by atomic mass is 10.1. The summed E-state index contributed by atoms with van der Waals surface area (Å²) < 4.78 is 0. The molecule has 1 amide bonds. The topological polar surface area (TPSA) is 32.3 Å². The minimum absolute atomic E-state index is 0.123. The number of rotatable bonds is 7. The van der Waals surface area contributed by atoms with Crippen LogP contribution in [0.4, 0.5) is 0 Å². The molecule has 5 heteroatoms. The van der Waals surface area contributed by atoms with Crippen molar-refractivity contribution in [1.29, 1.82) is 0 Å².